The lowest BCUT2D eigenvalue weighted by atomic mass is 9.78. The molecule has 0 saturated heterocycles. The molecule has 1 aromatic rings. The number of nitrogens with zero attached hydrogens (tertiary/aromatic N) is 1. The number of nitrogens with two attached hydrogens (primary N) is 1. The average Bonchev–Trinajstić information content (AvgIpc) is 2.33. The van der Waals surface area contributed by atoms with Gasteiger partial charge >= 0.3 is 0 Å². The Morgan fingerprint density at radius 3 is 2.63 bits per heavy atom. The Labute approximate surface area is 108 Å². The van der Waals surface area contributed by atoms with Gasteiger partial charge in [0, 0.05) is 35.5 Å². The van der Waals surface area contributed by atoms with Crippen molar-refractivity contribution in [2.24, 2.45) is 5.73 Å². The summed E-state index contributed by atoms with van der Waals surface area (Å²) >= 11 is 0. The second-order valence-corrected chi connectivity index (χ2v) is 4.90. The van der Waals surface area contributed by atoms with Crippen molar-refractivity contribution in [2.75, 3.05) is 11.9 Å². The second-order valence-electron chi connectivity index (χ2n) is 4.90. The van der Waals surface area contributed by atoms with Crippen LogP contribution in [-0.2, 0) is 0 Å². The van der Waals surface area contributed by atoms with E-state index >= 15 is 0 Å². The van der Waals surface area contributed by atoms with E-state index in [-0.39, 0.29) is 22.5 Å². The molecule has 1 aliphatic carbocycles. The third-order valence-corrected chi connectivity index (χ3v) is 3.46. The van der Waals surface area contributed by atoms with Crippen LogP contribution in [0.1, 0.15) is 31.3 Å². The van der Waals surface area contributed by atoms with E-state index in [0.717, 1.165) is 25.3 Å². The van der Waals surface area contributed by atoms with Crippen molar-refractivity contribution < 1.29 is 13.7 Å². The highest BCUT2D eigenvalue weighted by atomic mass is 19.3. The number of non-ortho nitro benzene ring substituents is 1. The number of nitro groups is 1. The maximum Gasteiger partial charge on any atom is 0.270 e. The zero-order valence-corrected chi connectivity index (χ0v) is 10.2. The Kier molecular flexibility index (Phi) is 3.66. The number of hydrogen-bond donors (Lipinski definition) is 2. The zero-order chi connectivity index (χ0) is 14.0. The van der Waals surface area contributed by atoms with Crippen LogP contribution in [0.25, 0.3) is 0 Å². The minimum atomic E-state index is -2.77. The van der Waals surface area contributed by atoms with Crippen LogP contribution in [0.15, 0.2) is 18.2 Å². The normalized spacial score (nSPS) is 17.1. The number of rotatable bonds is 5. The summed E-state index contributed by atoms with van der Waals surface area (Å²) < 4.78 is 25.8. The van der Waals surface area contributed by atoms with E-state index in [1.165, 1.54) is 12.1 Å². The zero-order valence-electron chi connectivity index (χ0n) is 10.2. The van der Waals surface area contributed by atoms with E-state index < -0.39 is 11.3 Å². The molecule has 0 atom stereocenters. The van der Waals surface area contributed by atoms with Gasteiger partial charge in [0.05, 0.1) is 4.92 Å². The van der Waals surface area contributed by atoms with Gasteiger partial charge in [-0.25, -0.2) is 8.78 Å². The van der Waals surface area contributed by atoms with Gasteiger partial charge in [-0.15, -0.1) is 0 Å². The molecular weight excluding hydrogens is 256 g/mol. The topological polar surface area (TPSA) is 81.2 Å². The monoisotopic (exact) mass is 271 g/mol. The molecule has 1 aliphatic rings. The van der Waals surface area contributed by atoms with Crippen LogP contribution in [-0.4, -0.2) is 17.0 Å². The van der Waals surface area contributed by atoms with Crippen LogP contribution in [0.2, 0.25) is 0 Å². The fourth-order valence-electron chi connectivity index (χ4n) is 2.08. The van der Waals surface area contributed by atoms with E-state index in [4.69, 9.17) is 5.73 Å². The molecule has 1 aromatic carbocycles. The second kappa shape index (κ2) is 5.08. The van der Waals surface area contributed by atoms with Crippen LogP contribution in [0.4, 0.5) is 20.2 Å². The van der Waals surface area contributed by atoms with E-state index in [0.29, 0.717) is 6.54 Å². The molecule has 0 amide bonds. The Hall–Kier alpha value is -1.76. The summed E-state index contributed by atoms with van der Waals surface area (Å²) in [6.07, 6.45) is -0.00812. The number of nitro benzene ring substituents is 1. The summed E-state index contributed by atoms with van der Waals surface area (Å²) in [4.78, 5) is 9.89. The van der Waals surface area contributed by atoms with Crippen molar-refractivity contribution in [2.45, 2.75) is 31.2 Å². The first-order valence-corrected chi connectivity index (χ1v) is 6.00. The van der Waals surface area contributed by atoms with Gasteiger partial charge in [-0.1, -0.05) is 0 Å². The molecule has 0 aliphatic heterocycles. The molecule has 0 unspecified atom stereocenters. The summed E-state index contributed by atoms with van der Waals surface area (Å²) in [7, 11) is 0. The lowest BCUT2D eigenvalue weighted by molar-refractivity contribution is -0.385. The van der Waals surface area contributed by atoms with Crippen molar-refractivity contribution in [1.82, 2.24) is 0 Å². The first-order chi connectivity index (χ1) is 8.91. The largest absolute Gasteiger partial charge is 0.383 e. The Morgan fingerprint density at radius 2 is 2.16 bits per heavy atom. The maximum atomic E-state index is 12.9. The van der Waals surface area contributed by atoms with Crippen LogP contribution < -0.4 is 11.1 Å². The minimum Gasteiger partial charge on any atom is -0.383 e. The molecule has 1 fully saturated rings. The molecule has 5 nitrogen and oxygen atoms in total. The van der Waals surface area contributed by atoms with Gasteiger partial charge in [0.1, 0.15) is 0 Å². The maximum absolute atomic E-state index is 12.9. The van der Waals surface area contributed by atoms with Gasteiger partial charge in [0.15, 0.2) is 0 Å². The standard InChI is InChI=1S/C12H15F2N3O2/c13-11(14)9-6-8(17(18)19)2-3-10(9)16-7-12(15)4-1-5-12/h2-3,6,11,16H,1,4-5,7,15H2. The minimum absolute atomic E-state index is 0.206. The molecule has 19 heavy (non-hydrogen) atoms. The summed E-state index contributed by atoms with van der Waals surface area (Å²) in [6.45, 7) is 0.393. The quantitative estimate of drug-likeness (QED) is 0.637. The van der Waals surface area contributed by atoms with Crippen molar-refractivity contribution >= 4 is 11.4 Å². The molecular formula is C12H15F2N3O2. The molecule has 0 bridgehead atoms. The smallest absolute Gasteiger partial charge is 0.270 e. The average molecular weight is 271 g/mol. The van der Waals surface area contributed by atoms with Crippen LogP contribution in [0, 0.1) is 10.1 Å². The lowest BCUT2D eigenvalue weighted by Gasteiger charge is -2.38. The molecule has 0 radical (unpaired) electrons. The highest BCUT2D eigenvalue weighted by Gasteiger charge is 2.32. The van der Waals surface area contributed by atoms with Gasteiger partial charge < -0.3 is 11.1 Å². The first-order valence-electron chi connectivity index (χ1n) is 6.00. The Balaban J connectivity index is 2.16. The van der Waals surface area contributed by atoms with E-state index in [1.54, 1.807) is 0 Å². The number of nitrogens with one attached hydrogen (secondary N) is 1. The highest BCUT2D eigenvalue weighted by Crippen LogP contribution is 2.33. The molecule has 0 spiro atoms. The third-order valence-electron chi connectivity index (χ3n) is 3.46. The number of benzene rings is 1. The Bertz CT molecular complexity index is 490. The Morgan fingerprint density at radius 1 is 1.47 bits per heavy atom. The van der Waals surface area contributed by atoms with Gasteiger partial charge in [0.2, 0.25) is 0 Å². The first kappa shape index (κ1) is 13.7. The van der Waals surface area contributed by atoms with E-state index in [1.807, 2.05) is 0 Å². The fraction of sp³-hybridized carbons (Fsp3) is 0.500. The summed E-state index contributed by atoms with van der Waals surface area (Å²) in [5.74, 6) is 0. The molecule has 2 rings (SSSR count). The summed E-state index contributed by atoms with van der Waals surface area (Å²) in [6, 6.07) is 3.41. The molecule has 7 heteroatoms. The third kappa shape index (κ3) is 2.98. The molecule has 0 heterocycles. The predicted molar refractivity (Wildman–Crippen MR) is 67.3 cm³/mol. The van der Waals surface area contributed by atoms with Gasteiger partial charge in [-0.05, 0) is 25.3 Å². The SMILES string of the molecule is NC1(CNc2ccc([N+](=O)[O-])cc2C(F)F)CCC1. The molecule has 3 N–H and O–H groups in total. The molecule has 0 aromatic heterocycles. The van der Waals surface area contributed by atoms with Crippen molar-refractivity contribution in [3.05, 3.63) is 33.9 Å². The van der Waals surface area contributed by atoms with Gasteiger partial charge in [-0.3, -0.25) is 10.1 Å². The fourth-order valence-corrected chi connectivity index (χ4v) is 2.08. The molecule has 104 valence electrons. The van der Waals surface area contributed by atoms with Crippen LogP contribution >= 0.6 is 0 Å². The van der Waals surface area contributed by atoms with Crippen LogP contribution in [0.3, 0.4) is 0 Å². The number of alkyl halides is 2. The van der Waals surface area contributed by atoms with E-state index in [2.05, 4.69) is 5.32 Å². The summed E-state index contributed by atoms with van der Waals surface area (Å²) in [5, 5.41) is 13.5. The summed E-state index contributed by atoms with van der Waals surface area (Å²) in [5.41, 5.74) is 5.15. The molecule has 1 saturated carbocycles. The lowest BCUT2D eigenvalue weighted by Crippen LogP contribution is -2.52. The van der Waals surface area contributed by atoms with Crippen molar-refractivity contribution in [3.63, 3.8) is 0 Å². The predicted octanol–water partition coefficient (Wildman–Crippen LogP) is 2.83. The van der Waals surface area contributed by atoms with E-state index in [9.17, 15) is 18.9 Å². The number of anilines is 1. The van der Waals surface area contributed by atoms with Gasteiger partial charge in [0.25, 0.3) is 12.1 Å². The van der Waals surface area contributed by atoms with Crippen molar-refractivity contribution in [1.29, 1.82) is 0 Å². The van der Waals surface area contributed by atoms with Crippen LogP contribution in [0.5, 0.6) is 0 Å². The number of hydrogen-bond acceptors (Lipinski definition) is 4. The van der Waals surface area contributed by atoms with Crippen molar-refractivity contribution in [3.8, 4) is 0 Å². The van der Waals surface area contributed by atoms with Gasteiger partial charge in [-0.2, -0.15) is 0 Å². The number of halogens is 2. The highest BCUT2D eigenvalue weighted by molar-refractivity contribution is 5.57.